The van der Waals surface area contributed by atoms with E-state index in [0.29, 0.717) is 0 Å². The van der Waals surface area contributed by atoms with Crippen LogP contribution in [0.4, 0.5) is 17.1 Å². The van der Waals surface area contributed by atoms with E-state index in [1.165, 1.54) is 66.4 Å². The largest absolute Gasteiger partial charge is 0.455 e. The zero-order chi connectivity index (χ0) is 44.1. The van der Waals surface area contributed by atoms with Crippen molar-refractivity contribution in [2.24, 2.45) is 0 Å². The second-order valence-corrected chi connectivity index (χ2v) is 17.9. The number of para-hydroxylation sites is 3. The van der Waals surface area contributed by atoms with Gasteiger partial charge in [0.15, 0.2) is 0 Å². The first-order chi connectivity index (χ1) is 33.2. The van der Waals surface area contributed by atoms with Gasteiger partial charge in [-0.25, -0.2) is 0 Å². The zero-order valence-corrected chi connectivity index (χ0v) is 36.5. The van der Waals surface area contributed by atoms with E-state index in [-0.39, 0.29) is 0 Å². The Bertz CT molecular complexity index is 3940. The first-order valence-corrected chi connectivity index (χ1v) is 23.2. The molecule has 2 aliphatic rings. The lowest BCUT2D eigenvalue weighted by Crippen LogP contribution is -2.29. The lowest BCUT2D eigenvalue weighted by molar-refractivity contribution is 0.670. The minimum Gasteiger partial charge on any atom is -0.455 e. The standard InChI is InChI=1S/C65H41NO/c1-2-17-42(18-3-1)48-21-10-14-31-62(48)66(46-35-33-43(34-36-46)49-27-16-28-56-55-26-11-15-32-63(55)67-64(49)56)47-37-38-54-51-23-7-6-22-50(51)52-24-8-12-29-58(52)65(61(54)41-47)59-30-13-9-25-53(59)57-39-44-19-4-5-20-45(44)40-60(57)65/h1-41H. The highest BCUT2D eigenvalue weighted by molar-refractivity contribution is 6.10. The summed E-state index contributed by atoms with van der Waals surface area (Å²) in [6, 6.07) is 91.7. The maximum atomic E-state index is 6.54. The van der Waals surface area contributed by atoms with Crippen molar-refractivity contribution in [3.8, 4) is 55.6 Å². The maximum Gasteiger partial charge on any atom is 0.143 e. The second kappa shape index (κ2) is 14.7. The van der Waals surface area contributed by atoms with E-state index >= 15 is 0 Å². The van der Waals surface area contributed by atoms with E-state index in [1.807, 2.05) is 6.07 Å². The Balaban J connectivity index is 1.05. The van der Waals surface area contributed by atoms with Gasteiger partial charge in [0.05, 0.1) is 11.1 Å². The van der Waals surface area contributed by atoms with Crippen molar-refractivity contribution in [2.45, 2.75) is 5.41 Å². The van der Waals surface area contributed by atoms with Gasteiger partial charge in [-0.2, -0.15) is 0 Å². The van der Waals surface area contributed by atoms with Crippen LogP contribution in [0.2, 0.25) is 0 Å². The molecule has 2 aliphatic carbocycles. The van der Waals surface area contributed by atoms with Gasteiger partial charge < -0.3 is 9.32 Å². The first kappa shape index (κ1) is 37.6. The molecule has 0 radical (unpaired) electrons. The molecule has 1 atom stereocenters. The molecule has 2 nitrogen and oxygen atoms in total. The SMILES string of the molecule is c1ccc(-c2ccccc2N(c2ccc(-c3cccc4c3oc3ccccc34)cc2)c2ccc3c(c2)C2(c4ccccc4-c4ccccc4-3)c3ccccc3-c3cc4ccccc4cc32)cc1. The summed E-state index contributed by atoms with van der Waals surface area (Å²) >= 11 is 0. The molecule has 1 heterocycles. The molecule has 0 saturated heterocycles. The topological polar surface area (TPSA) is 16.4 Å². The molecule has 0 N–H and O–H groups in total. The Morgan fingerprint density at radius 2 is 0.821 bits per heavy atom. The average Bonchev–Trinajstić information content (AvgIpc) is 3.89. The van der Waals surface area contributed by atoms with Crippen LogP contribution in [-0.4, -0.2) is 0 Å². The van der Waals surface area contributed by atoms with Crippen LogP contribution in [0.15, 0.2) is 253 Å². The van der Waals surface area contributed by atoms with E-state index in [0.717, 1.165) is 61.3 Å². The fourth-order valence-corrected chi connectivity index (χ4v) is 11.6. The molecule has 1 unspecified atom stereocenters. The Morgan fingerprint density at radius 3 is 1.58 bits per heavy atom. The molecule has 0 amide bonds. The normalized spacial score (nSPS) is 14.3. The molecule has 0 saturated carbocycles. The van der Waals surface area contributed by atoms with Crippen LogP contribution >= 0.6 is 0 Å². The minimum atomic E-state index is -0.642. The van der Waals surface area contributed by atoms with E-state index < -0.39 is 5.41 Å². The minimum absolute atomic E-state index is 0.642. The summed E-state index contributed by atoms with van der Waals surface area (Å²) < 4.78 is 6.54. The van der Waals surface area contributed by atoms with Crippen LogP contribution in [0.1, 0.15) is 22.3 Å². The van der Waals surface area contributed by atoms with Gasteiger partial charge >= 0.3 is 0 Å². The summed E-state index contributed by atoms with van der Waals surface area (Å²) in [5, 5.41) is 4.74. The van der Waals surface area contributed by atoms with Gasteiger partial charge in [0.1, 0.15) is 11.2 Å². The monoisotopic (exact) mass is 851 g/mol. The van der Waals surface area contributed by atoms with Crippen molar-refractivity contribution in [2.75, 3.05) is 4.90 Å². The van der Waals surface area contributed by atoms with Crippen molar-refractivity contribution in [3.63, 3.8) is 0 Å². The second-order valence-electron chi connectivity index (χ2n) is 17.9. The predicted molar refractivity (Wildman–Crippen MR) is 279 cm³/mol. The Kier molecular flexibility index (Phi) is 8.23. The first-order valence-electron chi connectivity index (χ1n) is 23.2. The zero-order valence-electron chi connectivity index (χ0n) is 36.5. The summed E-state index contributed by atoms with van der Waals surface area (Å²) in [5.41, 5.74) is 21.6. The van der Waals surface area contributed by atoms with Crippen molar-refractivity contribution < 1.29 is 4.42 Å². The van der Waals surface area contributed by atoms with Crippen molar-refractivity contribution in [1.29, 1.82) is 0 Å². The fraction of sp³-hybridized carbons (Fsp3) is 0.0154. The lowest BCUT2D eigenvalue weighted by atomic mass is 9.65. The molecule has 0 bridgehead atoms. The summed E-state index contributed by atoms with van der Waals surface area (Å²) in [7, 11) is 0. The molecular weight excluding hydrogens is 811 g/mol. The van der Waals surface area contributed by atoms with E-state index in [4.69, 9.17) is 4.42 Å². The highest BCUT2D eigenvalue weighted by Crippen LogP contribution is 2.62. The predicted octanol–water partition coefficient (Wildman–Crippen LogP) is 17.6. The molecule has 14 rings (SSSR count). The summed E-state index contributed by atoms with van der Waals surface area (Å²) in [6.07, 6.45) is 0. The number of anilines is 3. The third-order valence-electron chi connectivity index (χ3n) is 14.5. The van der Waals surface area contributed by atoms with Crippen LogP contribution in [0, 0.1) is 0 Å². The van der Waals surface area contributed by atoms with Gasteiger partial charge in [0.2, 0.25) is 0 Å². The summed E-state index contributed by atoms with van der Waals surface area (Å²) in [5.74, 6) is 0. The molecule has 67 heavy (non-hydrogen) atoms. The molecule has 2 heteroatoms. The van der Waals surface area contributed by atoms with Crippen LogP contribution in [0.5, 0.6) is 0 Å². The maximum absolute atomic E-state index is 6.54. The van der Waals surface area contributed by atoms with E-state index in [1.54, 1.807) is 0 Å². The molecule has 0 aliphatic heterocycles. The number of benzene rings is 11. The van der Waals surface area contributed by atoms with Gasteiger partial charge in [-0.1, -0.05) is 200 Å². The summed E-state index contributed by atoms with van der Waals surface area (Å²) in [6.45, 7) is 0. The number of rotatable bonds is 5. The van der Waals surface area contributed by atoms with Crippen LogP contribution < -0.4 is 4.90 Å². The molecule has 11 aromatic carbocycles. The molecule has 12 aromatic rings. The van der Waals surface area contributed by atoms with Gasteiger partial charge in [-0.15, -0.1) is 0 Å². The Hall–Kier alpha value is -8.72. The van der Waals surface area contributed by atoms with Crippen LogP contribution in [-0.2, 0) is 5.41 Å². The van der Waals surface area contributed by atoms with Gasteiger partial charge in [-0.3, -0.25) is 0 Å². The number of hydrogen-bond donors (Lipinski definition) is 0. The van der Waals surface area contributed by atoms with Crippen molar-refractivity contribution in [1.82, 2.24) is 0 Å². The lowest BCUT2D eigenvalue weighted by Gasteiger charge is -2.37. The van der Waals surface area contributed by atoms with Crippen molar-refractivity contribution in [3.05, 3.63) is 271 Å². The average molecular weight is 852 g/mol. The molecule has 1 spiro atoms. The number of nitrogens with zero attached hydrogens (tertiary/aromatic N) is 1. The Morgan fingerprint density at radius 1 is 0.299 bits per heavy atom. The molecule has 0 fully saturated rings. The van der Waals surface area contributed by atoms with Gasteiger partial charge in [-0.05, 0) is 126 Å². The van der Waals surface area contributed by atoms with Crippen LogP contribution in [0.3, 0.4) is 0 Å². The van der Waals surface area contributed by atoms with Gasteiger partial charge in [0, 0.05) is 33.3 Å². The number of furan rings is 1. The quantitative estimate of drug-likeness (QED) is 0.172. The molecule has 312 valence electrons. The van der Waals surface area contributed by atoms with Gasteiger partial charge in [0.25, 0.3) is 0 Å². The number of hydrogen-bond acceptors (Lipinski definition) is 2. The third-order valence-corrected chi connectivity index (χ3v) is 14.5. The Labute approximate surface area is 389 Å². The highest BCUT2D eigenvalue weighted by Gasteiger charge is 2.50. The number of fused-ring (bicyclic) bond motifs is 16. The third kappa shape index (κ3) is 5.51. The molecular formula is C65H41NO. The smallest absolute Gasteiger partial charge is 0.143 e. The molecule has 1 aromatic heterocycles. The van der Waals surface area contributed by atoms with Crippen molar-refractivity contribution >= 4 is 49.8 Å². The van der Waals surface area contributed by atoms with E-state index in [2.05, 4.69) is 248 Å². The summed E-state index contributed by atoms with van der Waals surface area (Å²) in [4.78, 5) is 2.47. The van der Waals surface area contributed by atoms with E-state index in [9.17, 15) is 0 Å². The van der Waals surface area contributed by atoms with Crippen LogP contribution in [0.25, 0.3) is 88.3 Å². The highest BCUT2D eigenvalue weighted by atomic mass is 16.3. The fourth-order valence-electron chi connectivity index (χ4n) is 11.6.